The summed E-state index contributed by atoms with van der Waals surface area (Å²) in [6.07, 6.45) is 0. The number of hydrogen-bond donors (Lipinski definition) is 1. The highest BCUT2D eigenvalue weighted by Crippen LogP contribution is 2.29. The van der Waals surface area contributed by atoms with Gasteiger partial charge in [0.15, 0.2) is 5.82 Å². The van der Waals surface area contributed by atoms with E-state index in [-0.39, 0.29) is 5.75 Å². The van der Waals surface area contributed by atoms with Crippen molar-refractivity contribution in [1.82, 2.24) is 9.97 Å². The normalized spacial score (nSPS) is 10.8. The van der Waals surface area contributed by atoms with Gasteiger partial charge < -0.3 is 5.11 Å². The lowest BCUT2D eigenvalue weighted by atomic mass is 10.2. The van der Waals surface area contributed by atoms with Gasteiger partial charge >= 0.3 is 5.97 Å². The topological polar surface area (TPSA) is 63.1 Å². The van der Waals surface area contributed by atoms with Crippen LogP contribution in [0.4, 0.5) is 0 Å². The fourth-order valence-corrected chi connectivity index (χ4v) is 3.20. The third kappa shape index (κ3) is 2.66. The number of thioether (sulfide) groups is 1. The zero-order valence-electron chi connectivity index (χ0n) is 10.3. The molecule has 0 aliphatic carbocycles. The summed E-state index contributed by atoms with van der Waals surface area (Å²) < 4.78 is 0. The summed E-state index contributed by atoms with van der Waals surface area (Å²) in [5.74, 6) is -0.216. The first-order valence-corrected chi connectivity index (χ1v) is 7.76. The molecule has 2 heterocycles. The van der Waals surface area contributed by atoms with Crippen LogP contribution in [0.3, 0.4) is 0 Å². The molecule has 0 atom stereocenters. The predicted octanol–water partition coefficient (Wildman–Crippen LogP) is 3.54. The van der Waals surface area contributed by atoms with Crippen LogP contribution in [-0.2, 0) is 4.79 Å². The van der Waals surface area contributed by atoms with Crippen LogP contribution in [0.2, 0.25) is 0 Å². The van der Waals surface area contributed by atoms with E-state index in [1.165, 1.54) is 11.8 Å². The smallest absolute Gasteiger partial charge is 0.313 e. The van der Waals surface area contributed by atoms with Crippen molar-refractivity contribution >= 4 is 40.0 Å². The first-order valence-electron chi connectivity index (χ1n) is 5.89. The minimum absolute atomic E-state index is 0.00904. The molecule has 3 rings (SSSR count). The molecule has 2 aromatic heterocycles. The highest BCUT2D eigenvalue weighted by Gasteiger charge is 2.11. The molecule has 0 aliphatic rings. The zero-order valence-corrected chi connectivity index (χ0v) is 11.9. The maximum absolute atomic E-state index is 10.8. The van der Waals surface area contributed by atoms with E-state index in [4.69, 9.17) is 5.11 Å². The van der Waals surface area contributed by atoms with E-state index in [1.54, 1.807) is 11.3 Å². The summed E-state index contributed by atoms with van der Waals surface area (Å²) in [6.45, 7) is 0. The van der Waals surface area contributed by atoms with Crippen molar-refractivity contribution in [3.8, 4) is 10.7 Å². The average Bonchev–Trinajstić information content (AvgIpc) is 2.98. The summed E-state index contributed by atoms with van der Waals surface area (Å²) in [4.78, 5) is 20.8. The fourth-order valence-electron chi connectivity index (χ4n) is 1.80. The van der Waals surface area contributed by atoms with Gasteiger partial charge in [0, 0.05) is 5.39 Å². The molecule has 20 heavy (non-hydrogen) atoms. The molecule has 100 valence electrons. The van der Waals surface area contributed by atoms with E-state index < -0.39 is 5.97 Å². The van der Waals surface area contributed by atoms with Gasteiger partial charge in [-0.2, -0.15) is 0 Å². The molecule has 0 saturated carbocycles. The van der Waals surface area contributed by atoms with E-state index in [9.17, 15) is 4.79 Å². The first kappa shape index (κ1) is 13.1. The van der Waals surface area contributed by atoms with Crippen LogP contribution in [0.25, 0.3) is 21.6 Å². The highest BCUT2D eigenvalue weighted by molar-refractivity contribution is 8.00. The molecular formula is C14H10N2O2S2. The summed E-state index contributed by atoms with van der Waals surface area (Å²) >= 11 is 2.79. The van der Waals surface area contributed by atoms with E-state index in [0.717, 1.165) is 15.8 Å². The Hall–Kier alpha value is -1.92. The Morgan fingerprint density at radius 3 is 2.80 bits per heavy atom. The zero-order chi connectivity index (χ0) is 13.9. The van der Waals surface area contributed by atoms with Gasteiger partial charge in [-0.3, -0.25) is 4.79 Å². The van der Waals surface area contributed by atoms with Gasteiger partial charge in [0.25, 0.3) is 0 Å². The molecule has 6 heteroatoms. The summed E-state index contributed by atoms with van der Waals surface area (Å²) in [5.41, 5.74) is 0.832. The van der Waals surface area contributed by atoms with E-state index in [1.807, 2.05) is 41.8 Å². The quantitative estimate of drug-likeness (QED) is 0.590. The minimum atomic E-state index is -0.852. The Labute approximate surface area is 123 Å². The monoisotopic (exact) mass is 302 g/mol. The second-order valence-electron chi connectivity index (χ2n) is 4.03. The van der Waals surface area contributed by atoms with Crippen LogP contribution in [0, 0.1) is 0 Å². The lowest BCUT2D eigenvalue weighted by Crippen LogP contribution is -1.99. The molecule has 4 nitrogen and oxygen atoms in total. The molecule has 0 radical (unpaired) electrons. The molecule has 1 aromatic carbocycles. The van der Waals surface area contributed by atoms with Crippen LogP contribution in [0.15, 0.2) is 46.8 Å². The van der Waals surface area contributed by atoms with E-state index in [0.29, 0.717) is 10.9 Å². The minimum Gasteiger partial charge on any atom is -0.481 e. The second-order valence-corrected chi connectivity index (χ2v) is 5.94. The third-order valence-corrected chi connectivity index (χ3v) is 4.48. The number of carboxylic acid groups (broad SMARTS) is 1. The molecule has 0 aliphatic heterocycles. The molecule has 0 fully saturated rings. The second kappa shape index (κ2) is 5.60. The number of aromatic nitrogens is 2. The number of para-hydroxylation sites is 1. The molecule has 0 unspecified atom stereocenters. The van der Waals surface area contributed by atoms with Gasteiger partial charge in [0.2, 0.25) is 0 Å². The Bertz CT molecular complexity index is 757. The molecule has 1 N–H and O–H groups in total. The Morgan fingerprint density at radius 2 is 2.05 bits per heavy atom. The predicted molar refractivity (Wildman–Crippen MR) is 81.2 cm³/mol. The van der Waals surface area contributed by atoms with Crippen LogP contribution in [0.1, 0.15) is 0 Å². The Balaban J connectivity index is 2.12. The number of fused-ring (bicyclic) bond motifs is 1. The summed E-state index contributed by atoms with van der Waals surface area (Å²) in [5, 5.41) is 12.4. The summed E-state index contributed by atoms with van der Waals surface area (Å²) in [7, 11) is 0. The van der Waals surface area contributed by atoms with Crippen LogP contribution in [-0.4, -0.2) is 26.8 Å². The van der Waals surface area contributed by atoms with Crippen molar-refractivity contribution < 1.29 is 9.90 Å². The maximum atomic E-state index is 10.8. The van der Waals surface area contributed by atoms with E-state index in [2.05, 4.69) is 9.97 Å². The molecule has 0 amide bonds. The van der Waals surface area contributed by atoms with Gasteiger partial charge in [-0.15, -0.1) is 11.3 Å². The molecular weight excluding hydrogens is 292 g/mol. The van der Waals surface area contributed by atoms with Gasteiger partial charge in [0.05, 0.1) is 16.1 Å². The number of rotatable bonds is 4. The average molecular weight is 302 g/mol. The van der Waals surface area contributed by atoms with Crippen molar-refractivity contribution in [2.75, 3.05) is 5.75 Å². The molecule has 0 bridgehead atoms. The van der Waals surface area contributed by atoms with Gasteiger partial charge in [-0.25, -0.2) is 9.97 Å². The molecule has 0 spiro atoms. The van der Waals surface area contributed by atoms with Gasteiger partial charge in [0.1, 0.15) is 5.03 Å². The van der Waals surface area contributed by atoms with Crippen LogP contribution in [0.5, 0.6) is 0 Å². The molecule has 3 aromatic rings. The fraction of sp³-hybridized carbons (Fsp3) is 0.0714. The van der Waals surface area contributed by atoms with Gasteiger partial charge in [-0.1, -0.05) is 36.0 Å². The lowest BCUT2D eigenvalue weighted by Gasteiger charge is -2.06. The van der Waals surface area contributed by atoms with Gasteiger partial charge in [-0.05, 0) is 17.5 Å². The number of nitrogens with zero attached hydrogens (tertiary/aromatic N) is 2. The Kier molecular flexibility index (Phi) is 3.66. The number of hydrogen-bond acceptors (Lipinski definition) is 5. The number of carboxylic acids is 1. The number of benzene rings is 1. The van der Waals surface area contributed by atoms with E-state index >= 15 is 0 Å². The van der Waals surface area contributed by atoms with Crippen LogP contribution < -0.4 is 0 Å². The number of thiophene rings is 1. The third-order valence-electron chi connectivity index (χ3n) is 2.64. The standard InChI is InChI=1S/C14H10N2O2S2/c17-12(18)8-20-14-9-4-1-2-5-10(9)15-13(16-14)11-6-3-7-19-11/h1-7H,8H2,(H,17,18). The maximum Gasteiger partial charge on any atom is 0.313 e. The van der Waals surface area contributed by atoms with Crippen LogP contribution >= 0.6 is 23.1 Å². The Morgan fingerprint density at radius 1 is 1.20 bits per heavy atom. The van der Waals surface area contributed by atoms with Crippen molar-refractivity contribution in [1.29, 1.82) is 0 Å². The largest absolute Gasteiger partial charge is 0.481 e. The summed E-state index contributed by atoms with van der Waals surface area (Å²) in [6, 6.07) is 11.6. The number of carbonyl (C=O) groups is 1. The SMILES string of the molecule is O=C(O)CSc1nc(-c2cccs2)nc2ccccc12. The van der Waals surface area contributed by atoms with Crippen molar-refractivity contribution in [2.24, 2.45) is 0 Å². The van der Waals surface area contributed by atoms with Crippen molar-refractivity contribution in [3.05, 3.63) is 41.8 Å². The molecule has 0 saturated heterocycles. The number of aliphatic carboxylic acids is 1. The lowest BCUT2D eigenvalue weighted by molar-refractivity contribution is -0.133. The highest BCUT2D eigenvalue weighted by atomic mass is 32.2. The van der Waals surface area contributed by atoms with Crippen molar-refractivity contribution in [3.63, 3.8) is 0 Å². The van der Waals surface area contributed by atoms with Crippen molar-refractivity contribution in [2.45, 2.75) is 5.03 Å². The first-order chi connectivity index (χ1) is 9.74.